The molecule has 1 aromatic rings. The Balaban J connectivity index is 0.000000204. The molecule has 0 atom stereocenters. The maximum atomic E-state index is 9.00. The Morgan fingerprint density at radius 2 is 1.95 bits per heavy atom. The molecule has 1 saturated heterocycles. The lowest BCUT2D eigenvalue weighted by Crippen LogP contribution is -2.10. The van der Waals surface area contributed by atoms with Crippen LogP contribution < -0.4 is 10.5 Å². The minimum absolute atomic E-state index is 0.208. The summed E-state index contributed by atoms with van der Waals surface area (Å²) in [6.07, 6.45) is 5.06. The van der Waals surface area contributed by atoms with Crippen LogP contribution in [0.2, 0.25) is 0 Å². The van der Waals surface area contributed by atoms with Gasteiger partial charge in [0.1, 0.15) is 18.1 Å². The number of epoxide rings is 1. The van der Waals surface area contributed by atoms with Crippen molar-refractivity contribution in [2.75, 3.05) is 19.8 Å². The molecule has 0 unspecified atom stereocenters. The summed E-state index contributed by atoms with van der Waals surface area (Å²) in [6, 6.07) is 6.64. The number of rotatable bonds is 7. The zero-order chi connectivity index (χ0) is 14.8. The second kappa shape index (κ2) is 8.82. The van der Waals surface area contributed by atoms with Crippen LogP contribution in [0.25, 0.3) is 0 Å². The van der Waals surface area contributed by atoms with E-state index in [-0.39, 0.29) is 5.75 Å². The number of hydrogen-bond acceptors (Lipinski definition) is 4. The van der Waals surface area contributed by atoms with E-state index in [2.05, 4.69) is 13.8 Å². The van der Waals surface area contributed by atoms with Crippen molar-refractivity contribution < 1.29 is 14.6 Å². The molecule has 0 spiro atoms. The zero-order valence-corrected chi connectivity index (χ0v) is 12.6. The summed E-state index contributed by atoms with van der Waals surface area (Å²) in [5.74, 6) is 0.856. The Morgan fingerprint density at radius 3 is 2.40 bits per heavy atom. The average Bonchev–Trinajstić information content (AvgIpc) is 3.18. The summed E-state index contributed by atoms with van der Waals surface area (Å²) in [6.45, 7) is 6.42. The third kappa shape index (κ3) is 6.26. The maximum absolute atomic E-state index is 9.00. The van der Waals surface area contributed by atoms with E-state index < -0.39 is 0 Å². The van der Waals surface area contributed by atoms with Crippen molar-refractivity contribution in [3.05, 3.63) is 24.3 Å². The summed E-state index contributed by atoms with van der Waals surface area (Å²) >= 11 is 0. The Morgan fingerprint density at radius 1 is 1.30 bits per heavy atom. The van der Waals surface area contributed by atoms with E-state index in [1.807, 2.05) is 0 Å². The van der Waals surface area contributed by atoms with E-state index in [9.17, 15) is 0 Å². The fourth-order valence-electron chi connectivity index (χ4n) is 2.18. The molecule has 20 heavy (non-hydrogen) atoms. The summed E-state index contributed by atoms with van der Waals surface area (Å²) in [5.41, 5.74) is 5.58. The minimum Gasteiger partial charge on any atom is -0.508 e. The van der Waals surface area contributed by atoms with Crippen molar-refractivity contribution >= 4 is 0 Å². The minimum atomic E-state index is 0.208. The molecule has 0 bridgehead atoms. The standard InChI is InChI=1S/C8H11NO2.C8H16O/c9-4-5-11-8-3-1-2-7(10)6-8;1-3-5-8(6-4-2)7-9-8/h1-3,6,10H,4-5,9H2;3-7H2,1-2H3. The first-order valence-electron chi connectivity index (χ1n) is 7.41. The first kappa shape index (κ1) is 16.8. The smallest absolute Gasteiger partial charge is 0.123 e. The second-order valence-corrected chi connectivity index (χ2v) is 5.11. The molecule has 114 valence electrons. The number of nitrogens with two attached hydrogens (primary N) is 1. The van der Waals surface area contributed by atoms with Crippen LogP contribution in [0.3, 0.4) is 0 Å². The van der Waals surface area contributed by atoms with E-state index >= 15 is 0 Å². The van der Waals surface area contributed by atoms with Gasteiger partial charge in [0.05, 0.1) is 12.2 Å². The molecule has 0 saturated carbocycles. The van der Waals surface area contributed by atoms with Crippen molar-refractivity contribution in [1.82, 2.24) is 0 Å². The highest BCUT2D eigenvalue weighted by molar-refractivity contribution is 5.31. The fraction of sp³-hybridized carbons (Fsp3) is 0.625. The highest BCUT2D eigenvalue weighted by atomic mass is 16.6. The monoisotopic (exact) mass is 281 g/mol. The number of benzene rings is 1. The van der Waals surface area contributed by atoms with Gasteiger partial charge >= 0.3 is 0 Å². The molecule has 1 aliphatic heterocycles. The summed E-state index contributed by atoms with van der Waals surface area (Å²) in [7, 11) is 0. The van der Waals surface area contributed by atoms with Crippen LogP contribution in [0, 0.1) is 0 Å². The van der Waals surface area contributed by atoms with Gasteiger partial charge in [0, 0.05) is 12.6 Å². The highest BCUT2D eigenvalue weighted by Crippen LogP contribution is 2.36. The molecular formula is C16H27NO3. The van der Waals surface area contributed by atoms with Gasteiger partial charge in [-0.15, -0.1) is 0 Å². The number of ether oxygens (including phenoxy) is 2. The van der Waals surface area contributed by atoms with Crippen molar-refractivity contribution in [2.45, 2.75) is 45.1 Å². The summed E-state index contributed by atoms with van der Waals surface area (Å²) < 4.78 is 10.5. The zero-order valence-electron chi connectivity index (χ0n) is 12.6. The van der Waals surface area contributed by atoms with Gasteiger partial charge in [-0.05, 0) is 25.0 Å². The van der Waals surface area contributed by atoms with Crippen LogP contribution in [0.4, 0.5) is 0 Å². The van der Waals surface area contributed by atoms with Gasteiger partial charge in [-0.2, -0.15) is 0 Å². The molecule has 1 aromatic carbocycles. The molecule has 1 heterocycles. The van der Waals surface area contributed by atoms with Gasteiger partial charge in [0.15, 0.2) is 0 Å². The molecule has 4 heteroatoms. The predicted molar refractivity (Wildman–Crippen MR) is 81.2 cm³/mol. The molecule has 0 aliphatic carbocycles. The van der Waals surface area contributed by atoms with E-state index in [0.717, 1.165) is 6.61 Å². The van der Waals surface area contributed by atoms with Crippen LogP contribution in [0.15, 0.2) is 24.3 Å². The molecule has 2 rings (SSSR count). The topological polar surface area (TPSA) is 68.0 Å². The average molecular weight is 281 g/mol. The molecule has 4 nitrogen and oxygen atoms in total. The lowest BCUT2D eigenvalue weighted by atomic mass is 10.00. The maximum Gasteiger partial charge on any atom is 0.123 e. The Hall–Kier alpha value is -1.26. The van der Waals surface area contributed by atoms with Gasteiger partial charge in [0.25, 0.3) is 0 Å². The van der Waals surface area contributed by atoms with E-state index in [0.29, 0.717) is 24.5 Å². The van der Waals surface area contributed by atoms with Crippen molar-refractivity contribution in [3.63, 3.8) is 0 Å². The normalized spacial score (nSPS) is 15.2. The van der Waals surface area contributed by atoms with Crippen LogP contribution in [-0.2, 0) is 4.74 Å². The van der Waals surface area contributed by atoms with Gasteiger partial charge < -0.3 is 20.3 Å². The predicted octanol–water partition coefficient (Wildman–Crippen LogP) is 3.09. The van der Waals surface area contributed by atoms with Crippen LogP contribution in [-0.4, -0.2) is 30.5 Å². The number of aromatic hydroxyl groups is 1. The Labute approximate surface area is 121 Å². The molecule has 0 aromatic heterocycles. The highest BCUT2D eigenvalue weighted by Gasteiger charge is 2.42. The van der Waals surface area contributed by atoms with Crippen LogP contribution in [0.5, 0.6) is 11.5 Å². The van der Waals surface area contributed by atoms with Gasteiger partial charge in [-0.1, -0.05) is 32.8 Å². The summed E-state index contributed by atoms with van der Waals surface area (Å²) in [5, 5.41) is 9.00. The number of phenols is 1. The van der Waals surface area contributed by atoms with Gasteiger partial charge in [0.2, 0.25) is 0 Å². The van der Waals surface area contributed by atoms with E-state index in [4.69, 9.17) is 20.3 Å². The molecule has 0 amide bonds. The van der Waals surface area contributed by atoms with E-state index in [1.165, 1.54) is 25.7 Å². The lowest BCUT2D eigenvalue weighted by molar-refractivity contribution is 0.270. The molecule has 0 radical (unpaired) electrons. The van der Waals surface area contributed by atoms with Crippen molar-refractivity contribution in [3.8, 4) is 11.5 Å². The fourth-order valence-corrected chi connectivity index (χ4v) is 2.18. The van der Waals surface area contributed by atoms with Crippen molar-refractivity contribution in [2.24, 2.45) is 5.73 Å². The quantitative estimate of drug-likeness (QED) is 0.754. The summed E-state index contributed by atoms with van der Waals surface area (Å²) in [4.78, 5) is 0. The second-order valence-electron chi connectivity index (χ2n) is 5.11. The first-order chi connectivity index (χ1) is 9.65. The molecule has 1 fully saturated rings. The number of phenolic OH excluding ortho intramolecular Hbond substituents is 1. The molecule has 1 aliphatic rings. The molecular weight excluding hydrogens is 254 g/mol. The van der Waals surface area contributed by atoms with Gasteiger partial charge in [-0.3, -0.25) is 0 Å². The Kier molecular flexibility index (Phi) is 7.41. The third-order valence-corrected chi connectivity index (χ3v) is 3.17. The largest absolute Gasteiger partial charge is 0.508 e. The van der Waals surface area contributed by atoms with Crippen LogP contribution >= 0.6 is 0 Å². The molecule has 3 N–H and O–H groups in total. The number of hydrogen-bond donors (Lipinski definition) is 2. The van der Waals surface area contributed by atoms with Crippen molar-refractivity contribution in [1.29, 1.82) is 0 Å². The third-order valence-electron chi connectivity index (χ3n) is 3.17. The SMILES string of the molecule is CCCC1(CCC)CO1.NCCOc1cccc(O)c1. The Bertz CT molecular complexity index is 370. The van der Waals surface area contributed by atoms with E-state index in [1.54, 1.807) is 24.3 Å². The van der Waals surface area contributed by atoms with Crippen LogP contribution in [0.1, 0.15) is 39.5 Å². The first-order valence-corrected chi connectivity index (χ1v) is 7.41. The lowest BCUT2D eigenvalue weighted by Gasteiger charge is -2.06. The van der Waals surface area contributed by atoms with Gasteiger partial charge in [-0.25, -0.2) is 0 Å².